The molecular weight excluding hydrogens is 579 g/mol. The van der Waals surface area contributed by atoms with Crippen LogP contribution in [0.25, 0.3) is 22.2 Å². The van der Waals surface area contributed by atoms with Crippen molar-refractivity contribution in [2.75, 3.05) is 46.2 Å². The van der Waals surface area contributed by atoms with Gasteiger partial charge in [0.25, 0.3) is 0 Å². The van der Waals surface area contributed by atoms with Gasteiger partial charge in [-0.1, -0.05) is 23.2 Å². The molecule has 4 aromatic rings. The molecule has 0 atom stereocenters. The minimum Gasteiger partial charge on any atom is -0.495 e. The number of fused-ring (bicyclic) bond motifs is 1. The van der Waals surface area contributed by atoms with Gasteiger partial charge in [0.15, 0.2) is 5.75 Å². The van der Waals surface area contributed by atoms with Gasteiger partial charge in [0.2, 0.25) is 0 Å². The van der Waals surface area contributed by atoms with E-state index in [4.69, 9.17) is 37.4 Å². The third-order valence-corrected chi connectivity index (χ3v) is 8.07. The standard InChI is InChI=1S/C30H32Cl2N6O4/c1-30(2)17-37(3)12-13-38(30)16-19-7-6-18(15-35-19)36-29(39)42-21-9-8-20(27-28(21)34-11-10-33-27)24-25(31)22(40-4)14-23(41-5)26(24)32/h6-11,14-15H,12-13,16-17H2,1-5H3,(H,36,39). The zero-order valence-corrected chi connectivity index (χ0v) is 25.6. The lowest BCUT2D eigenvalue weighted by Crippen LogP contribution is -2.57. The molecule has 1 saturated heterocycles. The number of aromatic nitrogens is 3. The van der Waals surface area contributed by atoms with Crippen molar-refractivity contribution < 1.29 is 19.0 Å². The first-order valence-electron chi connectivity index (χ1n) is 13.3. The predicted octanol–water partition coefficient (Wildman–Crippen LogP) is 6.15. The Morgan fingerprint density at radius 2 is 1.64 bits per heavy atom. The van der Waals surface area contributed by atoms with E-state index < -0.39 is 6.09 Å². The van der Waals surface area contributed by atoms with Crippen molar-refractivity contribution >= 4 is 46.0 Å². The number of hydrogen-bond acceptors (Lipinski definition) is 9. The molecule has 1 amide bonds. The Morgan fingerprint density at radius 1 is 0.952 bits per heavy atom. The number of benzene rings is 2. The van der Waals surface area contributed by atoms with Crippen LogP contribution >= 0.6 is 23.2 Å². The molecule has 0 radical (unpaired) electrons. The summed E-state index contributed by atoms with van der Waals surface area (Å²) < 4.78 is 16.5. The molecule has 1 aliphatic rings. The molecule has 10 nitrogen and oxygen atoms in total. The predicted molar refractivity (Wildman–Crippen MR) is 164 cm³/mol. The van der Waals surface area contributed by atoms with E-state index in [1.54, 1.807) is 24.4 Å². The van der Waals surface area contributed by atoms with E-state index in [2.05, 4.69) is 51.0 Å². The highest BCUT2D eigenvalue weighted by Gasteiger charge is 2.32. The van der Waals surface area contributed by atoms with Gasteiger partial charge in [0.1, 0.15) is 22.5 Å². The van der Waals surface area contributed by atoms with Gasteiger partial charge in [0, 0.05) is 61.3 Å². The summed E-state index contributed by atoms with van der Waals surface area (Å²) in [7, 11) is 5.15. The van der Waals surface area contributed by atoms with Crippen LogP contribution in [0.3, 0.4) is 0 Å². The second-order valence-electron chi connectivity index (χ2n) is 10.7. The first-order chi connectivity index (χ1) is 20.1. The van der Waals surface area contributed by atoms with Crippen molar-refractivity contribution in [2.45, 2.75) is 25.9 Å². The smallest absolute Gasteiger partial charge is 0.417 e. The normalized spacial score (nSPS) is 15.4. The number of carbonyl (C=O) groups excluding carboxylic acids is 1. The molecule has 1 N–H and O–H groups in total. The molecule has 42 heavy (non-hydrogen) atoms. The lowest BCUT2D eigenvalue weighted by Gasteiger charge is -2.46. The largest absolute Gasteiger partial charge is 0.495 e. The Labute approximate surface area is 254 Å². The molecular formula is C30H32Cl2N6O4. The minimum absolute atomic E-state index is 0.0476. The van der Waals surface area contributed by atoms with Crippen LogP contribution < -0.4 is 19.5 Å². The number of carbonyl (C=O) groups is 1. The number of likely N-dealkylation sites (N-methyl/N-ethyl adjacent to an activating group) is 1. The van der Waals surface area contributed by atoms with Gasteiger partial charge in [-0.3, -0.25) is 20.2 Å². The quantitative estimate of drug-likeness (QED) is 0.264. The van der Waals surface area contributed by atoms with Crippen LogP contribution in [0.5, 0.6) is 17.2 Å². The number of piperazine rings is 1. The Balaban J connectivity index is 1.35. The van der Waals surface area contributed by atoms with E-state index in [9.17, 15) is 4.79 Å². The van der Waals surface area contributed by atoms with Crippen molar-refractivity contribution in [1.82, 2.24) is 24.8 Å². The molecule has 220 valence electrons. The fourth-order valence-electron chi connectivity index (χ4n) is 5.20. The number of ether oxygens (including phenoxy) is 3. The summed E-state index contributed by atoms with van der Waals surface area (Å²) in [5.41, 5.74) is 3.29. The van der Waals surface area contributed by atoms with E-state index in [-0.39, 0.29) is 21.3 Å². The molecule has 5 rings (SSSR count). The van der Waals surface area contributed by atoms with E-state index in [0.717, 1.165) is 31.9 Å². The van der Waals surface area contributed by atoms with Gasteiger partial charge in [-0.15, -0.1) is 0 Å². The van der Waals surface area contributed by atoms with Crippen LogP contribution in [0.1, 0.15) is 19.5 Å². The molecule has 12 heteroatoms. The lowest BCUT2D eigenvalue weighted by atomic mass is 9.99. The average molecular weight is 612 g/mol. The summed E-state index contributed by atoms with van der Waals surface area (Å²) in [5, 5.41) is 3.31. The van der Waals surface area contributed by atoms with Crippen LogP contribution in [0, 0.1) is 0 Å². The second-order valence-corrected chi connectivity index (χ2v) is 11.4. The zero-order chi connectivity index (χ0) is 30.0. The van der Waals surface area contributed by atoms with Crippen LogP contribution in [0.2, 0.25) is 10.0 Å². The van der Waals surface area contributed by atoms with Gasteiger partial charge in [-0.25, -0.2) is 9.78 Å². The van der Waals surface area contributed by atoms with Gasteiger partial charge in [-0.2, -0.15) is 0 Å². The van der Waals surface area contributed by atoms with Crippen LogP contribution in [0.4, 0.5) is 10.5 Å². The number of nitrogens with one attached hydrogen (secondary N) is 1. The molecule has 3 heterocycles. The number of amides is 1. The number of halogens is 2. The molecule has 1 aliphatic heterocycles. The summed E-state index contributed by atoms with van der Waals surface area (Å²) in [6.07, 6.45) is 3.98. The third-order valence-electron chi connectivity index (χ3n) is 7.32. The summed E-state index contributed by atoms with van der Waals surface area (Å²) in [6.45, 7) is 8.19. The van der Waals surface area contributed by atoms with E-state index in [1.807, 2.05) is 12.1 Å². The number of pyridine rings is 1. The van der Waals surface area contributed by atoms with Crippen molar-refractivity contribution in [3.05, 3.63) is 64.7 Å². The first-order valence-corrected chi connectivity index (χ1v) is 14.1. The Bertz CT molecular complexity index is 1590. The minimum atomic E-state index is -0.691. The molecule has 0 bridgehead atoms. The second kappa shape index (κ2) is 12.3. The number of methoxy groups -OCH3 is 2. The molecule has 0 saturated carbocycles. The number of hydrogen-bond donors (Lipinski definition) is 1. The van der Waals surface area contributed by atoms with E-state index >= 15 is 0 Å². The molecule has 0 aliphatic carbocycles. The summed E-state index contributed by atoms with van der Waals surface area (Å²) in [6, 6.07) is 8.66. The van der Waals surface area contributed by atoms with Gasteiger partial charge >= 0.3 is 6.09 Å². The molecule has 1 fully saturated rings. The number of anilines is 1. The number of rotatable bonds is 7. The fourth-order valence-corrected chi connectivity index (χ4v) is 5.90. The van der Waals surface area contributed by atoms with E-state index in [0.29, 0.717) is 39.3 Å². The maximum Gasteiger partial charge on any atom is 0.417 e. The summed E-state index contributed by atoms with van der Waals surface area (Å²) in [4.78, 5) is 31.1. The van der Waals surface area contributed by atoms with Gasteiger partial charge < -0.3 is 19.1 Å². The fraction of sp³-hybridized carbons (Fsp3) is 0.333. The van der Waals surface area contributed by atoms with Crippen LogP contribution in [-0.2, 0) is 6.54 Å². The third kappa shape index (κ3) is 6.07. The Morgan fingerprint density at radius 3 is 2.26 bits per heavy atom. The maximum atomic E-state index is 12.9. The van der Waals surface area contributed by atoms with Gasteiger partial charge in [0.05, 0.1) is 41.8 Å². The van der Waals surface area contributed by atoms with Crippen molar-refractivity contribution in [1.29, 1.82) is 0 Å². The van der Waals surface area contributed by atoms with Crippen molar-refractivity contribution in [3.8, 4) is 28.4 Å². The number of nitrogens with zero attached hydrogens (tertiary/aromatic N) is 5. The molecule has 2 aromatic carbocycles. The maximum absolute atomic E-state index is 12.9. The van der Waals surface area contributed by atoms with Crippen molar-refractivity contribution in [2.24, 2.45) is 0 Å². The Kier molecular flexibility index (Phi) is 8.70. The first kappa shape index (κ1) is 29.8. The average Bonchev–Trinajstić information content (AvgIpc) is 2.96. The topological polar surface area (TPSA) is 102 Å². The van der Waals surface area contributed by atoms with Crippen LogP contribution in [0.15, 0.2) is 48.9 Å². The summed E-state index contributed by atoms with van der Waals surface area (Å²) in [5.74, 6) is 0.983. The molecule has 0 spiro atoms. The van der Waals surface area contributed by atoms with Gasteiger partial charge in [-0.05, 0) is 45.2 Å². The highest BCUT2D eigenvalue weighted by Crippen LogP contribution is 2.48. The SMILES string of the molecule is COc1cc(OC)c(Cl)c(-c2ccc(OC(=O)Nc3ccc(CN4CCN(C)CC4(C)C)nc3)c3nccnc23)c1Cl. The summed E-state index contributed by atoms with van der Waals surface area (Å²) >= 11 is 13.3. The Hall–Kier alpha value is -3.70. The highest BCUT2D eigenvalue weighted by molar-refractivity contribution is 6.41. The monoisotopic (exact) mass is 610 g/mol. The molecule has 2 aromatic heterocycles. The zero-order valence-electron chi connectivity index (χ0n) is 24.1. The van der Waals surface area contributed by atoms with E-state index in [1.165, 1.54) is 26.6 Å². The van der Waals surface area contributed by atoms with Crippen LogP contribution in [-0.4, -0.2) is 77.3 Å². The van der Waals surface area contributed by atoms with Crippen molar-refractivity contribution in [3.63, 3.8) is 0 Å². The highest BCUT2D eigenvalue weighted by atomic mass is 35.5. The molecule has 0 unspecified atom stereocenters. The lowest BCUT2D eigenvalue weighted by molar-refractivity contribution is 0.0245.